The van der Waals surface area contributed by atoms with Crippen molar-refractivity contribution in [3.63, 3.8) is 0 Å². The van der Waals surface area contributed by atoms with Crippen molar-refractivity contribution in [2.24, 2.45) is 17.8 Å². The zero-order chi connectivity index (χ0) is 55.0. The van der Waals surface area contributed by atoms with Crippen molar-refractivity contribution in [1.29, 1.82) is 0 Å². The number of para-hydroxylation sites is 1. The van der Waals surface area contributed by atoms with Crippen LogP contribution in [0.5, 0.6) is 0 Å². The van der Waals surface area contributed by atoms with Gasteiger partial charge in [0, 0.05) is 68.4 Å². The van der Waals surface area contributed by atoms with Crippen LogP contribution < -0.4 is 21.3 Å². The first kappa shape index (κ1) is 56.9. The molecule has 1 saturated heterocycles. The summed E-state index contributed by atoms with van der Waals surface area (Å²) in [7, 11) is 3.08. The Hall–Kier alpha value is -6.84. The highest BCUT2D eigenvalue weighted by molar-refractivity contribution is 5.99. The average molecular weight is 1040 g/mol. The van der Waals surface area contributed by atoms with E-state index < -0.39 is 89.2 Å². The lowest BCUT2D eigenvalue weighted by Crippen LogP contribution is -2.61. The van der Waals surface area contributed by atoms with Crippen LogP contribution in [-0.2, 0) is 51.9 Å². The van der Waals surface area contributed by atoms with E-state index in [-0.39, 0.29) is 56.4 Å². The molecule has 7 rings (SSSR count). The van der Waals surface area contributed by atoms with Crippen LogP contribution in [0.3, 0.4) is 0 Å². The number of fused-ring (bicyclic) bond motifs is 4. The summed E-state index contributed by atoms with van der Waals surface area (Å²) >= 11 is 0. The number of hydrogen-bond donors (Lipinski definition) is 4. The van der Waals surface area contributed by atoms with Crippen LogP contribution in [0.1, 0.15) is 117 Å². The molecule has 4 aromatic rings. The van der Waals surface area contributed by atoms with E-state index in [1.807, 2.05) is 114 Å². The minimum atomic E-state index is -1.23. The van der Waals surface area contributed by atoms with E-state index >= 15 is 24.0 Å². The summed E-state index contributed by atoms with van der Waals surface area (Å²) in [6, 6.07) is 7.57. The summed E-state index contributed by atoms with van der Waals surface area (Å²) in [6.07, 6.45) is 16.3. The Balaban J connectivity index is 1.36. The molecule has 2 fully saturated rings. The number of pyridine rings is 1. The zero-order valence-corrected chi connectivity index (χ0v) is 46.1. The van der Waals surface area contributed by atoms with Crippen LogP contribution in [0.15, 0.2) is 91.9 Å². The average Bonchev–Trinajstić information content (AvgIpc) is 4.05. The fraction of sp³-hybridized carbons (Fsp3) is 0.533. The minimum Gasteiger partial charge on any atom is -0.343 e. The van der Waals surface area contributed by atoms with Gasteiger partial charge in [0.2, 0.25) is 41.4 Å². The monoisotopic (exact) mass is 1040 g/mol. The summed E-state index contributed by atoms with van der Waals surface area (Å²) in [6.45, 7) is 17.7. The van der Waals surface area contributed by atoms with Gasteiger partial charge >= 0.3 is 0 Å². The molecule has 408 valence electrons. The fourth-order valence-electron chi connectivity index (χ4n) is 11.3. The van der Waals surface area contributed by atoms with Gasteiger partial charge < -0.3 is 40.5 Å². The molecule has 4 N–H and O–H groups in total. The number of aromatic nitrogens is 2. The number of carbonyl (C=O) groups is 7. The van der Waals surface area contributed by atoms with Gasteiger partial charge in [-0.05, 0) is 99.3 Å². The molecule has 16 nitrogen and oxygen atoms in total. The third kappa shape index (κ3) is 13.4. The Labute approximate surface area is 448 Å². The summed E-state index contributed by atoms with van der Waals surface area (Å²) in [5.41, 5.74) is 1.88. The van der Waals surface area contributed by atoms with Crippen LogP contribution >= 0.6 is 0 Å². The van der Waals surface area contributed by atoms with Gasteiger partial charge in [0.05, 0.1) is 5.54 Å². The van der Waals surface area contributed by atoms with Gasteiger partial charge in [-0.1, -0.05) is 108 Å². The predicted molar refractivity (Wildman–Crippen MR) is 296 cm³/mol. The van der Waals surface area contributed by atoms with E-state index in [0.29, 0.717) is 12.8 Å². The molecule has 2 aromatic carbocycles. The number of likely N-dealkylation sites (N-methyl/N-ethyl adjacent to an activating group) is 2. The first-order valence-electron chi connectivity index (χ1n) is 27.4. The molecule has 0 unspecified atom stereocenters. The standard InChI is InChI=1S/C60H81N9O7/c1-11-60(7,8)69-36-44(45-21-16-17-22-49(45)69)34-48-58(75)67(10)51(29-37(2)3)55(72)63-47(33-41-24-25-43-35-61-27-26-42(43)31-41)53(70)62-39(6)57(74)66(9)50-23-13-12-18-28-68(59(50)76)52(30-38(4)5)56(73)64-46(54(71)65-48)32-40-19-14-15-20-40/h11-13,16-17,21-22,24-27,31,35-40,46-48,50-52H,1,14-15,18-20,23,28-30,32-34H2,2-10H3,(H,62,70)(H,63,72)(H,64,73)(H,65,71)/b13-12-/t39-,46-,47-,48-,50-,51-,52-/m0/s1. The highest BCUT2D eigenvalue weighted by Gasteiger charge is 2.42. The summed E-state index contributed by atoms with van der Waals surface area (Å²) in [4.78, 5) is 114. The van der Waals surface area contributed by atoms with Crippen molar-refractivity contribution in [3.05, 3.63) is 103 Å². The number of nitrogens with one attached hydrogen (secondary N) is 4. The number of amides is 7. The Morgan fingerprint density at radius 3 is 2.09 bits per heavy atom. The Morgan fingerprint density at radius 1 is 0.724 bits per heavy atom. The van der Waals surface area contributed by atoms with E-state index in [2.05, 4.69) is 37.4 Å². The van der Waals surface area contributed by atoms with Gasteiger partial charge in [-0.2, -0.15) is 0 Å². The summed E-state index contributed by atoms with van der Waals surface area (Å²) in [5.74, 6) is -3.83. The first-order valence-corrected chi connectivity index (χ1v) is 27.4. The SMILES string of the molecule is C=CC(C)(C)n1cc(C[C@@H]2NC(=O)[C@H](CC3CCCC3)NC(=O)[C@H](CC(C)C)N3CC/C=C\C[C@@H](C3=O)N(C)C(=O)[C@H](C)NC(=O)[C@H](Cc3ccc4cnccc4c3)NC(=O)[C@H](CC(C)C)N(C)C2=O)c2ccccc21. The van der Waals surface area contributed by atoms with Gasteiger partial charge in [-0.15, -0.1) is 6.58 Å². The van der Waals surface area contributed by atoms with Gasteiger partial charge in [-0.25, -0.2) is 0 Å². The van der Waals surface area contributed by atoms with E-state index in [1.54, 1.807) is 31.3 Å². The number of allylic oxidation sites excluding steroid dienone is 1. The molecule has 7 atom stereocenters. The highest BCUT2D eigenvalue weighted by atomic mass is 16.2. The van der Waals surface area contributed by atoms with Crippen molar-refractivity contribution in [3.8, 4) is 0 Å². The number of nitrogens with zero attached hydrogens (tertiary/aromatic N) is 5. The second-order valence-electron chi connectivity index (χ2n) is 22.9. The van der Waals surface area contributed by atoms with Gasteiger partial charge in [0.15, 0.2) is 0 Å². The van der Waals surface area contributed by atoms with Crippen LogP contribution in [0.4, 0.5) is 0 Å². The maximum atomic E-state index is 15.6. The van der Waals surface area contributed by atoms with Crippen molar-refractivity contribution in [2.75, 3.05) is 20.6 Å². The van der Waals surface area contributed by atoms with Crippen LogP contribution in [0, 0.1) is 17.8 Å². The van der Waals surface area contributed by atoms with Gasteiger partial charge in [0.25, 0.3) is 0 Å². The van der Waals surface area contributed by atoms with Gasteiger partial charge in [-0.3, -0.25) is 38.5 Å². The Bertz CT molecular complexity index is 2810. The van der Waals surface area contributed by atoms with Crippen LogP contribution in [-0.4, -0.2) is 129 Å². The molecule has 16 heteroatoms. The van der Waals surface area contributed by atoms with E-state index in [0.717, 1.165) is 58.5 Å². The highest BCUT2D eigenvalue weighted by Crippen LogP contribution is 2.32. The minimum absolute atomic E-state index is 0.0317. The quantitative estimate of drug-likeness (QED) is 0.112. The normalized spacial score (nSPS) is 25.0. The van der Waals surface area contributed by atoms with Crippen LogP contribution in [0.2, 0.25) is 0 Å². The molecule has 1 saturated carbocycles. The van der Waals surface area contributed by atoms with Crippen molar-refractivity contribution in [1.82, 2.24) is 45.5 Å². The molecule has 1 aliphatic carbocycles. The molecular weight excluding hydrogens is 959 g/mol. The number of carbonyl (C=O) groups excluding carboxylic acids is 7. The molecular formula is C60H81N9O7. The van der Waals surface area contributed by atoms with Gasteiger partial charge in [0.1, 0.15) is 42.3 Å². The smallest absolute Gasteiger partial charge is 0.246 e. The fourth-order valence-corrected chi connectivity index (χ4v) is 11.3. The number of rotatable bonds is 12. The third-order valence-corrected chi connectivity index (χ3v) is 15.8. The zero-order valence-electron chi connectivity index (χ0n) is 46.1. The molecule has 2 aliphatic heterocycles. The first-order chi connectivity index (χ1) is 36.2. The number of benzene rings is 2. The molecule has 2 aromatic heterocycles. The molecule has 7 amide bonds. The second-order valence-corrected chi connectivity index (χ2v) is 22.9. The largest absolute Gasteiger partial charge is 0.343 e. The summed E-state index contributed by atoms with van der Waals surface area (Å²) in [5, 5.41) is 14.8. The maximum absolute atomic E-state index is 15.6. The maximum Gasteiger partial charge on any atom is 0.246 e. The third-order valence-electron chi connectivity index (χ3n) is 15.8. The second kappa shape index (κ2) is 24.9. The lowest BCUT2D eigenvalue weighted by Gasteiger charge is -2.39. The molecule has 2 bridgehead atoms. The molecule has 0 spiro atoms. The lowest BCUT2D eigenvalue weighted by molar-refractivity contribution is -0.150. The van der Waals surface area contributed by atoms with Crippen molar-refractivity contribution >= 4 is 63.0 Å². The Morgan fingerprint density at radius 2 is 1.38 bits per heavy atom. The van der Waals surface area contributed by atoms with E-state index in [1.165, 1.54) is 16.8 Å². The molecule has 0 radical (unpaired) electrons. The van der Waals surface area contributed by atoms with E-state index in [9.17, 15) is 9.59 Å². The molecule has 76 heavy (non-hydrogen) atoms. The van der Waals surface area contributed by atoms with Crippen molar-refractivity contribution in [2.45, 2.75) is 167 Å². The number of hydrogen-bond acceptors (Lipinski definition) is 8. The molecule has 3 aliphatic rings. The lowest BCUT2D eigenvalue weighted by atomic mass is 9.95. The summed E-state index contributed by atoms with van der Waals surface area (Å²) < 4.78 is 2.10. The van der Waals surface area contributed by atoms with E-state index in [4.69, 9.17) is 0 Å². The van der Waals surface area contributed by atoms with Crippen molar-refractivity contribution < 1.29 is 33.6 Å². The molecule has 4 heterocycles. The topological polar surface area (TPSA) is 195 Å². The van der Waals surface area contributed by atoms with Crippen LogP contribution in [0.25, 0.3) is 21.7 Å². The Kier molecular flexibility index (Phi) is 18.6. The predicted octanol–water partition coefficient (Wildman–Crippen LogP) is 6.74.